The van der Waals surface area contributed by atoms with Gasteiger partial charge >= 0.3 is 0 Å². The Labute approximate surface area is 147 Å². The van der Waals surface area contributed by atoms with Crippen LogP contribution in [0, 0.1) is 0 Å². The molecule has 2 aromatic rings. The van der Waals surface area contributed by atoms with Crippen molar-refractivity contribution in [3.8, 4) is 5.75 Å². The minimum absolute atomic E-state index is 0.0682. The zero-order valence-corrected chi connectivity index (χ0v) is 14.4. The summed E-state index contributed by atoms with van der Waals surface area (Å²) in [6.45, 7) is 4.34. The van der Waals surface area contributed by atoms with E-state index in [0.717, 1.165) is 11.3 Å². The van der Waals surface area contributed by atoms with Crippen LogP contribution < -0.4 is 10.6 Å². The van der Waals surface area contributed by atoms with Crippen molar-refractivity contribution in [3.05, 3.63) is 59.7 Å². The molecule has 0 spiro atoms. The number of carbonyl (C=O) groups is 2. The van der Waals surface area contributed by atoms with Crippen molar-refractivity contribution >= 4 is 17.4 Å². The lowest BCUT2D eigenvalue weighted by Crippen LogP contribution is -2.51. The van der Waals surface area contributed by atoms with Crippen LogP contribution in [0.4, 0.5) is 5.69 Å². The number of amides is 1. The number of aromatic hydroxyl groups is 1. The first-order valence-electron chi connectivity index (χ1n) is 8.37. The van der Waals surface area contributed by atoms with Crippen LogP contribution in [0.5, 0.6) is 5.75 Å². The lowest BCUT2D eigenvalue weighted by molar-refractivity contribution is -0.139. The number of nitrogens with zero attached hydrogens (tertiary/aromatic N) is 1. The molecule has 0 bridgehead atoms. The molecule has 5 nitrogen and oxygen atoms in total. The van der Waals surface area contributed by atoms with Gasteiger partial charge in [0.2, 0.25) is 5.78 Å². The number of hydrogen-bond donors (Lipinski definition) is 2. The normalized spacial score (nSPS) is 21.8. The van der Waals surface area contributed by atoms with Crippen molar-refractivity contribution < 1.29 is 14.7 Å². The Balaban J connectivity index is 2.14. The van der Waals surface area contributed by atoms with Crippen LogP contribution in [0.25, 0.3) is 0 Å². The Morgan fingerprint density at radius 1 is 1.20 bits per heavy atom. The van der Waals surface area contributed by atoms with E-state index in [4.69, 9.17) is 5.73 Å². The second-order valence-electron chi connectivity index (χ2n) is 6.63. The molecule has 2 aromatic carbocycles. The first-order chi connectivity index (χ1) is 11.9. The zero-order chi connectivity index (χ0) is 18.2. The van der Waals surface area contributed by atoms with Gasteiger partial charge < -0.3 is 15.7 Å². The first kappa shape index (κ1) is 17.0. The van der Waals surface area contributed by atoms with E-state index in [0.29, 0.717) is 18.5 Å². The second kappa shape index (κ2) is 6.24. The molecule has 1 aliphatic rings. The number of fused-ring (bicyclic) bond motifs is 1. The third kappa shape index (κ3) is 2.65. The van der Waals surface area contributed by atoms with E-state index >= 15 is 0 Å². The van der Waals surface area contributed by atoms with Gasteiger partial charge in [-0.3, -0.25) is 9.59 Å². The van der Waals surface area contributed by atoms with E-state index in [1.807, 2.05) is 37.3 Å². The summed E-state index contributed by atoms with van der Waals surface area (Å²) in [7, 11) is 0. The van der Waals surface area contributed by atoms with Gasteiger partial charge in [-0.05, 0) is 42.7 Å². The van der Waals surface area contributed by atoms with Crippen molar-refractivity contribution in [2.24, 2.45) is 5.73 Å². The Hall–Kier alpha value is -2.82. The highest BCUT2D eigenvalue weighted by Gasteiger charge is 2.53. The number of rotatable bonds is 5. The number of hydrogen-bond acceptors (Lipinski definition) is 4. The van der Waals surface area contributed by atoms with Gasteiger partial charge in [-0.2, -0.15) is 0 Å². The van der Waals surface area contributed by atoms with Crippen molar-refractivity contribution in [1.82, 2.24) is 0 Å². The molecule has 0 aliphatic carbocycles. The van der Waals surface area contributed by atoms with Crippen LogP contribution in [0.2, 0.25) is 0 Å². The molecule has 0 aromatic heterocycles. The number of Topliss-reactive ketones (excluding diaryl/α,β-unsaturated/α-hetero) is 1. The van der Waals surface area contributed by atoms with Gasteiger partial charge in [0, 0.05) is 18.3 Å². The summed E-state index contributed by atoms with van der Waals surface area (Å²) in [5.74, 6) is -1.50. The van der Waals surface area contributed by atoms with Crippen LogP contribution in [-0.4, -0.2) is 22.8 Å². The Morgan fingerprint density at radius 2 is 1.88 bits per heavy atom. The van der Waals surface area contributed by atoms with Gasteiger partial charge in [0.1, 0.15) is 5.75 Å². The van der Waals surface area contributed by atoms with Crippen molar-refractivity contribution in [2.45, 2.75) is 38.3 Å². The minimum Gasteiger partial charge on any atom is -0.508 e. The molecule has 0 radical (unpaired) electrons. The molecular formula is C20H22N2O3. The van der Waals surface area contributed by atoms with E-state index in [1.54, 1.807) is 25.1 Å². The molecule has 2 unspecified atom stereocenters. The highest BCUT2D eigenvalue weighted by molar-refractivity contribution is 6.39. The number of carbonyl (C=O) groups excluding carboxylic acids is 2. The highest BCUT2D eigenvalue weighted by Crippen LogP contribution is 2.48. The summed E-state index contributed by atoms with van der Waals surface area (Å²) < 4.78 is 0. The summed E-state index contributed by atoms with van der Waals surface area (Å²) in [4.78, 5) is 26.6. The summed E-state index contributed by atoms with van der Waals surface area (Å²) in [5.41, 5.74) is 6.87. The zero-order valence-electron chi connectivity index (χ0n) is 14.4. The number of primary amides is 1. The standard InChI is InChI=1S/C20H22N2O3/c1-3-17-20(2,18(24)19(21)25)15-11-14(23)9-10-16(15)22(17)12-13-7-5-4-6-8-13/h4-11,17,23H,3,12H2,1-2H3,(H2,21,25). The average molecular weight is 338 g/mol. The van der Waals surface area contributed by atoms with Gasteiger partial charge in [0.05, 0.1) is 5.41 Å². The van der Waals surface area contributed by atoms with Gasteiger partial charge in [-0.1, -0.05) is 37.3 Å². The third-order valence-corrected chi connectivity index (χ3v) is 5.17. The monoisotopic (exact) mass is 338 g/mol. The summed E-state index contributed by atoms with van der Waals surface area (Å²) in [6.07, 6.45) is 0.664. The maximum Gasteiger partial charge on any atom is 0.285 e. The molecule has 5 heteroatoms. The highest BCUT2D eigenvalue weighted by atomic mass is 16.3. The molecular weight excluding hydrogens is 316 g/mol. The van der Waals surface area contributed by atoms with E-state index < -0.39 is 17.1 Å². The lowest BCUT2D eigenvalue weighted by Gasteiger charge is -2.34. The maximum absolute atomic E-state index is 12.7. The van der Waals surface area contributed by atoms with Gasteiger partial charge in [0.15, 0.2) is 0 Å². The quantitative estimate of drug-likeness (QED) is 0.821. The van der Waals surface area contributed by atoms with Gasteiger partial charge in [-0.15, -0.1) is 0 Å². The van der Waals surface area contributed by atoms with E-state index in [9.17, 15) is 14.7 Å². The van der Waals surface area contributed by atoms with Crippen molar-refractivity contribution in [1.29, 1.82) is 0 Å². The molecule has 0 fully saturated rings. The summed E-state index contributed by atoms with van der Waals surface area (Å²) >= 11 is 0. The number of phenolic OH excluding ortho intramolecular Hbond substituents is 1. The molecule has 0 saturated carbocycles. The fourth-order valence-corrected chi connectivity index (χ4v) is 3.98. The Bertz CT molecular complexity index is 819. The fraction of sp³-hybridized carbons (Fsp3) is 0.300. The molecule has 1 heterocycles. The van der Waals surface area contributed by atoms with Crippen molar-refractivity contribution in [2.75, 3.05) is 4.90 Å². The lowest BCUT2D eigenvalue weighted by atomic mass is 9.73. The largest absolute Gasteiger partial charge is 0.508 e. The Kier molecular flexibility index (Phi) is 4.25. The van der Waals surface area contributed by atoms with Crippen LogP contribution in [0.15, 0.2) is 48.5 Å². The molecule has 25 heavy (non-hydrogen) atoms. The second-order valence-corrected chi connectivity index (χ2v) is 6.63. The van der Waals surface area contributed by atoms with Crippen LogP contribution in [0.3, 0.4) is 0 Å². The van der Waals surface area contributed by atoms with Crippen LogP contribution in [0.1, 0.15) is 31.4 Å². The number of anilines is 1. The van der Waals surface area contributed by atoms with Crippen molar-refractivity contribution in [3.63, 3.8) is 0 Å². The number of nitrogens with two attached hydrogens (primary N) is 1. The maximum atomic E-state index is 12.7. The molecule has 1 aliphatic heterocycles. The smallest absolute Gasteiger partial charge is 0.285 e. The summed E-state index contributed by atoms with van der Waals surface area (Å²) in [5, 5.41) is 9.94. The molecule has 3 rings (SSSR count). The fourth-order valence-electron chi connectivity index (χ4n) is 3.98. The predicted molar refractivity (Wildman–Crippen MR) is 96.4 cm³/mol. The van der Waals surface area contributed by atoms with E-state index in [1.165, 1.54) is 0 Å². The molecule has 0 saturated heterocycles. The molecule has 2 atom stereocenters. The van der Waals surface area contributed by atoms with Crippen LogP contribution in [-0.2, 0) is 21.5 Å². The molecule has 130 valence electrons. The number of ketones is 1. The van der Waals surface area contributed by atoms with Gasteiger partial charge in [-0.25, -0.2) is 0 Å². The predicted octanol–water partition coefficient (Wildman–Crippen LogP) is 2.50. The SMILES string of the molecule is CCC1N(Cc2ccccc2)c2ccc(O)cc2C1(C)C(=O)C(N)=O. The Morgan fingerprint density at radius 3 is 2.48 bits per heavy atom. The third-order valence-electron chi connectivity index (χ3n) is 5.17. The number of benzene rings is 2. The topological polar surface area (TPSA) is 83.6 Å². The van der Waals surface area contributed by atoms with Crippen LogP contribution >= 0.6 is 0 Å². The molecule has 1 amide bonds. The summed E-state index contributed by atoms with van der Waals surface area (Å²) in [6, 6.07) is 14.7. The molecule has 3 N–H and O–H groups in total. The number of phenols is 1. The average Bonchev–Trinajstić information content (AvgIpc) is 2.83. The van der Waals surface area contributed by atoms with E-state index in [-0.39, 0.29) is 11.8 Å². The minimum atomic E-state index is -1.08. The van der Waals surface area contributed by atoms with Gasteiger partial charge in [0.25, 0.3) is 5.91 Å². The van der Waals surface area contributed by atoms with E-state index in [2.05, 4.69) is 4.90 Å². The first-order valence-corrected chi connectivity index (χ1v) is 8.37.